The van der Waals surface area contributed by atoms with Crippen molar-refractivity contribution >= 4 is 11.6 Å². The Morgan fingerprint density at radius 1 is 0.912 bits per heavy atom. The summed E-state index contributed by atoms with van der Waals surface area (Å²) in [5, 5.41) is 4.00. The van der Waals surface area contributed by atoms with E-state index in [1.807, 2.05) is 47.4 Å². The highest BCUT2D eigenvalue weighted by molar-refractivity contribution is 5.97. The number of rotatable bonds is 6. The lowest BCUT2D eigenvalue weighted by molar-refractivity contribution is 0.0741. The molecular weight excluding hydrogens is 435 g/mol. The van der Waals surface area contributed by atoms with Crippen molar-refractivity contribution < 1.29 is 18.4 Å². The summed E-state index contributed by atoms with van der Waals surface area (Å²) in [5.74, 6) is 0.931. The van der Waals surface area contributed by atoms with Crippen molar-refractivity contribution in [1.82, 2.24) is 15.0 Å². The molecule has 1 saturated heterocycles. The molecule has 34 heavy (non-hydrogen) atoms. The number of hydrogen-bond donors (Lipinski definition) is 0. The van der Waals surface area contributed by atoms with E-state index in [4.69, 9.17) is 9.26 Å². The van der Waals surface area contributed by atoms with E-state index < -0.39 is 0 Å². The number of carbonyl (C=O) groups is 1. The molecule has 0 aliphatic carbocycles. The lowest BCUT2D eigenvalue weighted by Gasteiger charge is -2.36. The van der Waals surface area contributed by atoms with Crippen molar-refractivity contribution in [3.8, 4) is 17.1 Å². The summed E-state index contributed by atoms with van der Waals surface area (Å²) in [6.45, 7) is 2.53. The second-order valence-electron chi connectivity index (χ2n) is 7.92. The second-order valence-corrected chi connectivity index (χ2v) is 7.92. The van der Waals surface area contributed by atoms with Crippen LogP contribution in [0.5, 0.6) is 5.75 Å². The van der Waals surface area contributed by atoms with Gasteiger partial charge in [0.05, 0.1) is 5.56 Å². The highest BCUT2D eigenvalue weighted by Crippen LogP contribution is 2.24. The van der Waals surface area contributed by atoms with Crippen molar-refractivity contribution in [2.45, 2.75) is 6.61 Å². The van der Waals surface area contributed by atoms with E-state index >= 15 is 0 Å². The van der Waals surface area contributed by atoms with Crippen molar-refractivity contribution in [2.24, 2.45) is 0 Å². The summed E-state index contributed by atoms with van der Waals surface area (Å²) in [5.41, 5.74) is 2.29. The van der Waals surface area contributed by atoms with Crippen LogP contribution in [0.15, 0.2) is 83.4 Å². The van der Waals surface area contributed by atoms with E-state index in [2.05, 4.69) is 15.0 Å². The zero-order valence-electron chi connectivity index (χ0n) is 18.4. The van der Waals surface area contributed by atoms with E-state index in [-0.39, 0.29) is 18.3 Å². The summed E-state index contributed by atoms with van der Waals surface area (Å²) >= 11 is 0. The molecule has 1 fully saturated rings. The minimum atomic E-state index is -0.258. The van der Waals surface area contributed by atoms with Gasteiger partial charge in [0.15, 0.2) is 6.61 Å². The van der Waals surface area contributed by atoms with Crippen molar-refractivity contribution in [2.75, 3.05) is 31.1 Å². The van der Waals surface area contributed by atoms with Crippen LogP contribution in [-0.4, -0.2) is 47.1 Å². The number of amides is 1. The minimum Gasteiger partial charge on any atom is -0.483 e. The zero-order valence-corrected chi connectivity index (χ0v) is 18.4. The summed E-state index contributed by atoms with van der Waals surface area (Å²) in [6.07, 6.45) is 0. The van der Waals surface area contributed by atoms with Crippen LogP contribution in [-0.2, 0) is 6.61 Å². The predicted octanol–water partition coefficient (Wildman–Crippen LogP) is 4.42. The molecule has 2 heterocycles. The average molecular weight is 458 g/mol. The van der Waals surface area contributed by atoms with Gasteiger partial charge in [0.2, 0.25) is 5.82 Å². The van der Waals surface area contributed by atoms with Gasteiger partial charge in [0.25, 0.3) is 11.8 Å². The van der Waals surface area contributed by atoms with Crippen molar-refractivity contribution in [3.05, 3.63) is 96.1 Å². The van der Waals surface area contributed by atoms with Gasteiger partial charge in [-0.2, -0.15) is 4.98 Å². The Morgan fingerprint density at radius 3 is 2.38 bits per heavy atom. The van der Waals surface area contributed by atoms with Gasteiger partial charge >= 0.3 is 0 Å². The smallest absolute Gasteiger partial charge is 0.264 e. The molecule has 0 unspecified atom stereocenters. The topological polar surface area (TPSA) is 71.7 Å². The van der Waals surface area contributed by atoms with E-state index in [9.17, 15) is 9.18 Å². The number of benzene rings is 3. The Labute approximate surface area is 196 Å². The molecular formula is C26H23FN4O3. The standard InChI is InChI=1S/C26H23FN4O3/c27-20-10-12-21(13-11-20)30-14-16-31(17-15-30)26(32)22-8-4-5-9-23(22)33-18-24-28-25(29-34-24)19-6-2-1-3-7-19/h1-13H,14-18H2. The summed E-state index contributed by atoms with van der Waals surface area (Å²) in [6, 6.07) is 23.1. The monoisotopic (exact) mass is 458 g/mol. The maximum absolute atomic E-state index is 13.2. The molecule has 1 amide bonds. The van der Waals surface area contributed by atoms with E-state index in [0.29, 0.717) is 49.2 Å². The molecule has 1 aliphatic rings. The molecule has 5 rings (SSSR count). The summed E-state index contributed by atoms with van der Waals surface area (Å²) in [7, 11) is 0. The number of carbonyl (C=O) groups excluding carboxylic acids is 1. The number of ether oxygens (including phenoxy) is 1. The maximum Gasteiger partial charge on any atom is 0.264 e. The number of nitrogens with zero attached hydrogens (tertiary/aromatic N) is 4. The van der Waals surface area contributed by atoms with Gasteiger partial charge in [-0.25, -0.2) is 4.39 Å². The van der Waals surface area contributed by atoms with Crippen LogP contribution in [0.4, 0.5) is 10.1 Å². The molecule has 7 nitrogen and oxygen atoms in total. The molecule has 8 heteroatoms. The van der Waals surface area contributed by atoms with Gasteiger partial charge < -0.3 is 19.1 Å². The van der Waals surface area contributed by atoms with Crippen molar-refractivity contribution in [3.63, 3.8) is 0 Å². The third-order valence-electron chi connectivity index (χ3n) is 5.73. The first kappa shape index (κ1) is 21.6. The second kappa shape index (κ2) is 9.74. The Bertz CT molecular complexity index is 1250. The van der Waals surface area contributed by atoms with Crippen LogP contribution in [0.1, 0.15) is 16.2 Å². The van der Waals surface area contributed by atoms with Crippen LogP contribution < -0.4 is 9.64 Å². The van der Waals surface area contributed by atoms with Crippen LogP contribution in [0.25, 0.3) is 11.4 Å². The third kappa shape index (κ3) is 4.76. The molecule has 0 N–H and O–H groups in total. The van der Waals surface area contributed by atoms with Gasteiger partial charge in [-0.15, -0.1) is 0 Å². The van der Waals surface area contributed by atoms with E-state index in [1.165, 1.54) is 12.1 Å². The Balaban J connectivity index is 1.22. The molecule has 3 aromatic carbocycles. The number of piperazine rings is 1. The third-order valence-corrected chi connectivity index (χ3v) is 5.73. The van der Waals surface area contributed by atoms with Gasteiger partial charge in [-0.1, -0.05) is 47.6 Å². The lowest BCUT2D eigenvalue weighted by Crippen LogP contribution is -2.48. The molecule has 0 atom stereocenters. The molecule has 0 bridgehead atoms. The number of hydrogen-bond acceptors (Lipinski definition) is 6. The number of anilines is 1. The van der Waals surface area contributed by atoms with Gasteiger partial charge in [-0.05, 0) is 36.4 Å². The highest BCUT2D eigenvalue weighted by Gasteiger charge is 2.24. The maximum atomic E-state index is 13.2. The summed E-state index contributed by atoms with van der Waals surface area (Å²) in [4.78, 5) is 21.6. The summed E-state index contributed by atoms with van der Waals surface area (Å²) < 4.78 is 24.4. The quantitative estimate of drug-likeness (QED) is 0.426. The fourth-order valence-electron chi connectivity index (χ4n) is 3.92. The van der Waals surface area contributed by atoms with E-state index in [1.54, 1.807) is 24.3 Å². The molecule has 1 aliphatic heterocycles. The highest BCUT2D eigenvalue weighted by atomic mass is 19.1. The molecule has 172 valence electrons. The molecule has 4 aromatic rings. The molecule has 0 saturated carbocycles. The predicted molar refractivity (Wildman–Crippen MR) is 125 cm³/mol. The lowest BCUT2D eigenvalue weighted by atomic mass is 10.1. The Kier molecular flexibility index (Phi) is 6.20. The molecule has 0 spiro atoms. The normalized spacial score (nSPS) is 13.7. The fraction of sp³-hybridized carbons (Fsp3) is 0.192. The van der Waals surface area contributed by atoms with Crippen LogP contribution in [0, 0.1) is 5.82 Å². The first-order valence-corrected chi connectivity index (χ1v) is 11.1. The van der Waals surface area contributed by atoms with Gasteiger partial charge in [0.1, 0.15) is 11.6 Å². The number of para-hydroxylation sites is 1. The van der Waals surface area contributed by atoms with Gasteiger partial charge in [-0.3, -0.25) is 4.79 Å². The minimum absolute atomic E-state index is 0.0580. The van der Waals surface area contributed by atoms with Crippen molar-refractivity contribution in [1.29, 1.82) is 0 Å². The SMILES string of the molecule is O=C(c1ccccc1OCc1nc(-c2ccccc2)no1)N1CCN(c2ccc(F)cc2)CC1. The Hall–Kier alpha value is -4.20. The first-order valence-electron chi connectivity index (χ1n) is 11.1. The Morgan fingerprint density at radius 2 is 1.62 bits per heavy atom. The number of halogens is 1. The van der Waals surface area contributed by atoms with E-state index in [0.717, 1.165) is 11.3 Å². The van der Waals surface area contributed by atoms with Crippen LogP contribution in [0.3, 0.4) is 0 Å². The zero-order chi connectivity index (χ0) is 23.3. The largest absolute Gasteiger partial charge is 0.483 e. The van der Waals surface area contributed by atoms with Gasteiger partial charge in [0, 0.05) is 37.4 Å². The average Bonchev–Trinajstić information content (AvgIpc) is 3.38. The first-order chi connectivity index (χ1) is 16.7. The molecule has 0 radical (unpaired) electrons. The van der Waals surface area contributed by atoms with Crippen LogP contribution >= 0.6 is 0 Å². The van der Waals surface area contributed by atoms with Crippen LogP contribution in [0.2, 0.25) is 0 Å². The molecule has 1 aromatic heterocycles. The fourth-order valence-corrected chi connectivity index (χ4v) is 3.92. The number of aromatic nitrogens is 2.